The molecule has 1 aliphatic rings. The quantitative estimate of drug-likeness (QED) is 0.409. The number of rotatable bonds is 3. The molecule has 1 aliphatic heterocycles. The lowest BCUT2D eigenvalue weighted by atomic mass is 9.92. The second-order valence-corrected chi connectivity index (χ2v) is 8.28. The molecular formula is C23H17Cl2FN4O2. The first kappa shape index (κ1) is 20.7. The van der Waals surface area contributed by atoms with Crippen molar-refractivity contribution in [3.63, 3.8) is 0 Å². The van der Waals surface area contributed by atoms with Crippen molar-refractivity contribution in [3.05, 3.63) is 87.0 Å². The highest BCUT2D eigenvalue weighted by Crippen LogP contribution is 2.41. The van der Waals surface area contributed by atoms with Gasteiger partial charge in [-0.15, -0.1) is 0 Å². The summed E-state index contributed by atoms with van der Waals surface area (Å²) < 4.78 is 19.7. The van der Waals surface area contributed by atoms with Crippen LogP contribution in [-0.2, 0) is 11.2 Å². The first-order valence-corrected chi connectivity index (χ1v) is 10.7. The fourth-order valence-corrected chi connectivity index (χ4v) is 4.51. The van der Waals surface area contributed by atoms with Gasteiger partial charge in [-0.1, -0.05) is 35.3 Å². The number of halogens is 3. The average Bonchev–Trinajstić information content (AvgIpc) is 3.20. The number of esters is 1. The maximum absolute atomic E-state index is 14.9. The Morgan fingerprint density at radius 1 is 1.19 bits per heavy atom. The number of nitrogens with zero attached hydrogens (tertiary/aromatic N) is 3. The number of methoxy groups -OCH3 is 1. The van der Waals surface area contributed by atoms with Gasteiger partial charge in [-0.2, -0.15) is 0 Å². The first-order chi connectivity index (χ1) is 15.5. The highest BCUT2D eigenvalue weighted by atomic mass is 35.5. The number of benzene rings is 2. The van der Waals surface area contributed by atoms with Crippen molar-refractivity contribution in [3.8, 4) is 0 Å². The molecule has 32 heavy (non-hydrogen) atoms. The van der Waals surface area contributed by atoms with E-state index in [-0.39, 0.29) is 16.8 Å². The summed E-state index contributed by atoms with van der Waals surface area (Å²) in [6, 6.07) is 11.9. The highest BCUT2D eigenvalue weighted by Gasteiger charge is 2.34. The van der Waals surface area contributed by atoms with Gasteiger partial charge in [0.2, 0.25) is 5.95 Å². The SMILES string of the molecule is COC(=O)c1ccnc(N2CCc3c([nH]c4ccc(Cl)c(F)c34)C2c2ccc(Cl)cc2)n1. The Labute approximate surface area is 193 Å². The van der Waals surface area contributed by atoms with Crippen LogP contribution >= 0.6 is 23.2 Å². The second kappa shape index (κ2) is 8.07. The standard InChI is InChI=1S/C23H17Cl2FN4O2/c1-32-22(31)17-8-10-27-23(29-17)30-11-9-14-18-16(7-6-15(25)19(18)26)28-20(14)21(30)12-2-4-13(24)5-3-12/h2-8,10,21,28H,9,11H2,1H3. The molecule has 3 heterocycles. The van der Waals surface area contributed by atoms with E-state index in [1.807, 2.05) is 17.0 Å². The summed E-state index contributed by atoms with van der Waals surface area (Å²) >= 11 is 12.2. The van der Waals surface area contributed by atoms with Crippen LogP contribution < -0.4 is 4.90 Å². The second-order valence-electron chi connectivity index (χ2n) is 7.43. The summed E-state index contributed by atoms with van der Waals surface area (Å²) in [6.07, 6.45) is 2.07. The molecule has 0 fully saturated rings. The van der Waals surface area contributed by atoms with Gasteiger partial charge < -0.3 is 14.6 Å². The number of nitrogens with one attached hydrogen (secondary N) is 1. The Morgan fingerprint density at radius 3 is 2.72 bits per heavy atom. The van der Waals surface area contributed by atoms with Gasteiger partial charge >= 0.3 is 5.97 Å². The Hall–Kier alpha value is -3.16. The first-order valence-electron chi connectivity index (χ1n) is 9.90. The fourth-order valence-electron chi connectivity index (χ4n) is 4.23. The summed E-state index contributed by atoms with van der Waals surface area (Å²) in [6.45, 7) is 0.504. The average molecular weight is 471 g/mol. The number of fused-ring (bicyclic) bond motifs is 3. The zero-order valence-corrected chi connectivity index (χ0v) is 18.4. The molecule has 162 valence electrons. The van der Waals surface area contributed by atoms with Crippen molar-refractivity contribution < 1.29 is 13.9 Å². The molecule has 1 unspecified atom stereocenters. The number of carbonyl (C=O) groups is 1. The van der Waals surface area contributed by atoms with Crippen LogP contribution in [-0.4, -0.2) is 34.6 Å². The van der Waals surface area contributed by atoms with Crippen LogP contribution in [0.1, 0.15) is 33.4 Å². The van der Waals surface area contributed by atoms with Crippen molar-refractivity contribution in [2.24, 2.45) is 0 Å². The fraction of sp³-hybridized carbons (Fsp3) is 0.174. The Balaban J connectivity index is 1.70. The molecule has 0 radical (unpaired) electrons. The van der Waals surface area contributed by atoms with Gasteiger partial charge in [0.15, 0.2) is 11.5 Å². The predicted molar refractivity (Wildman–Crippen MR) is 121 cm³/mol. The summed E-state index contributed by atoms with van der Waals surface area (Å²) in [5, 5.41) is 1.18. The largest absolute Gasteiger partial charge is 0.464 e. The van der Waals surface area contributed by atoms with Gasteiger partial charge in [0.05, 0.1) is 18.2 Å². The van der Waals surface area contributed by atoms with E-state index in [1.165, 1.54) is 19.4 Å². The molecule has 2 aromatic carbocycles. The van der Waals surface area contributed by atoms with E-state index in [2.05, 4.69) is 15.0 Å². The molecule has 0 amide bonds. The van der Waals surface area contributed by atoms with Crippen molar-refractivity contribution in [1.82, 2.24) is 15.0 Å². The third kappa shape index (κ3) is 3.38. The van der Waals surface area contributed by atoms with Crippen LogP contribution in [0.3, 0.4) is 0 Å². The van der Waals surface area contributed by atoms with Crippen molar-refractivity contribution in [2.45, 2.75) is 12.5 Å². The zero-order chi connectivity index (χ0) is 22.4. The Morgan fingerprint density at radius 2 is 1.97 bits per heavy atom. The lowest BCUT2D eigenvalue weighted by Gasteiger charge is -2.36. The minimum absolute atomic E-state index is 0.0823. The number of aromatic nitrogens is 3. The number of ether oxygens (including phenoxy) is 1. The van der Waals surface area contributed by atoms with Crippen LogP contribution in [0.2, 0.25) is 10.0 Å². The molecule has 2 aromatic heterocycles. The Bertz CT molecular complexity index is 1340. The number of anilines is 1. The molecule has 1 N–H and O–H groups in total. The normalized spacial score (nSPS) is 15.6. The highest BCUT2D eigenvalue weighted by molar-refractivity contribution is 6.31. The topological polar surface area (TPSA) is 71.1 Å². The third-order valence-electron chi connectivity index (χ3n) is 5.66. The van der Waals surface area contributed by atoms with E-state index in [1.54, 1.807) is 24.3 Å². The van der Waals surface area contributed by atoms with E-state index in [0.29, 0.717) is 34.8 Å². The molecule has 0 aliphatic carbocycles. The van der Waals surface area contributed by atoms with Crippen molar-refractivity contribution in [2.75, 3.05) is 18.6 Å². The van der Waals surface area contributed by atoms with Crippen molar-refractivity contribution in [1.29, 1.82) is 0 Å². The molecule has 6 nitrogen and oxygen atoms in total. The van der Waals surface area contributed by atoms with E-state index < -0.39 is 11.8 Å². The molecule has 0 bridgehead atoms. The molecule has 9 heteroatoms. The maximum atomic E-state index is 14.9. The van der Waals surface area contributed by atoms with Gasteiger partial charge in [0.1, 0.15) is 0 Å². The monoisotopic (exact) mass is 470 g/mol. The zero-order valence-electron chi connectivity index (χ0n) is 16.9. The van der Waals surface area contributed by atoms with Gasteiger partial charge in [0.25, 0.3) is 0 Å². The van der Waals surface area contributed by atoms with Gasteiger partial charge in [-0.25, -0.2) is 19.2 Å². The molecule has 5 rings (SSSR count). The molecule has 1 atom stereocenters. The van der Waals surface area contributed by atoms with Gasteiger partial charge in [-0.05, 0) is 47.9 Å². The summed E-state index contributed by atoms with van der Waals surface area (Å²) in [5.74, 6) is -0.610. The number of hydrogen-bond acceptors (Lipinski definition) is 5. The number of aromatic amines is 1. The molecule has 4 aromatic rings. The minimum Gasteiger partial charge on any atom is -0.464 e. The van der Waals surface area contributed by atoms with E-state index in [9.17, 15) is 9.18 Å². The molecular weight excluding hydrogens is 454 g/mol. The minimum atomic E-state index is -0.545. The van der Waals surface area contributed by atoms with Crippen LogP contribution in [0.4, 0.5) is 10.3 Å². The lowest BCUT2D eigenvalue weighted by molar-refractivity contribution is 0.0594. The summed E-state index contributed by atoms with van der Waals surface area (Å²) in [7, 11) is 1.30. The smallest absolute Gasteiger partial charge is 0.356 e. The van der Waals surface area contributed by atoms with Gasteiger partial charge in [0, 0.05) is 34.4 Å². The van der Waals surface area contributed by atoms with Crippen molar-refractivity contribution >= 4 is 46.0 Å². The maximum Gasteiger partial charge on any atom is 0.356 e. The van der Waals surface area contributed by atoms with Crippen LogP contribution in [0.15, 0.2) is 48.7 Å². The van der Waals surface area contributed by atoms with E-state index in [0.717, 1.165) is 16.8 Å². The third-order valence-corrected chi connectivity index (χ3v) is 6.20. The van der Waals surface area contributed by atoms with Crippen LogP contribution in [0, 0.1) is 5.82 Å². The predicted octanol–water partition coefficient (Wildman–Crippen LogP) is 5.34. The lowest BCUT2D eigenvalue weighted by Crippen LogP contribution is -2.37. The number of H-pyrrole nitrogens is 1. The van der Waals surface area contributed by atoms with E-state index >= 15 is 0 Å². The summed E-state index contributed by atoms with van der Waals surface area (Å²) in [4.78, 5) is 26.2. The van der Waals surface area contributed by atoms with Crippen LogP contribution in [0.25, 0.3) is 10.9 Å². The number of carbonyl (C=O) groups excluding carboxylic acids is 1. The van der Waals surface area contributed by atoms with Crippen LogP contribution in [0.5, 0.6) is 0 Å². The molecule has 0 saturated carbocycles. The Kier molecular flexibility index (Phi) is 5.23. The number of hydrogen-bond donors (Lipinski definition) is 1. The summed E-state index contributed by atoms with van der Waals surface area (Å²) in [5.41, 5.74) is 3.43. The molecule has 0 saturated heterocycles. The van der Waals surface area contributed by atoms with E-state index in [4.69, 9.17) is 27.9 Å². The molecule has 0 spiro atoms. The van der Waals surface area contributed by atoms with Gasteiger partial charge in [-0.3, -0.25) is 0 Å².